The molecule has 124 valence electrons. The number of benzene rings is 1. The Balaban J connectivity index is 1.60. The van der Waals surface area contributed by atoms with Crippen molar-refractivity contribution >= 4 is 5.69 Å². The van der Waals surface area contributed by atoms with Gasteiger partial charge >= 0.3 is 0 Å². The van der Waals surface area contributed by atoms with E-state index in [1.807, 2.05) is 30.2 Å². The average Bonchev–Trinajstić information content (AvgIpc) is 3.21. The predicted octanol–water partition coefficient (Wildman–Crippen LogP) is 1.81. The summed E-state index contributed by atoms with van der Waals surface area (Å²) >= 11 is 0. The Hall–Kier alpha value is -2.21. The van der Waals surface area contributed by atoms with Crippen molar-refractivity contribution in [2.75, 3.05) is 32.2 Å². The standard InChI is InChI=1S/C17H24N4O2/c1-20-11-13(10-19-20)9-18-14-4-5-21(12-14)15-6-16(22-2)8-17(7-15)23-3/h6-8,10-11,14,18H,4-5,9,12H2,1-3H3. The van der Waals surface area contributed by atoms with Gasteiger partial charge in [-0.25, -0.2) is 0 Å². The van der Waals surface area contributed by atoms with E-state index < -0.39 is 0 Å². The molecule has 0 saturated carbocycles. The highest BCUT2D eigenvalue weighted by Crippen LogP contribution is 2.30. The number of nitrogens with one attached hydrogen (secondary N) is 1. The zero-order valence-corrected chi connectivity index (χ0v) is 14.0. The maximum atomic E-state index is 5.36. The molecule has 1 aliphatic heterocycles. The van der Waals surface area contributed by atoms with Crippen molar-refractivity contribution in [3.05, 3.63) is 36.2 Å². The monoisotopic (exact) mass is 316 g/mol. The summed E-state index contributed by atoms with van der Waals surface area (Å²) in [5.74, 6) is 1.65. The number of aromatic nitrogens is 2. The molecule has 1 aromatic heterocycles. The minimum atomic E-state index is 0.479. The van der Waals surface area contributed by atoms with Crippen molar-refractivity contribution in [2.24, 2.45) is 7.05 Å². The third-order valence-corrected chi connectivity index (χ3v) is 4.24. The molecule has 0 bridgehead atoms. The van der Waals surface area contributed by atoms with Crippen LogP contribution in [0, 0.1) is 0 Å². The first-order valence-corrected chi connectivity index (χ1v) is 7.87. The predicted molar refractivity (Wildman–Crippen MR) is 90.2 cm³/mol. The lowest BCUT2D eigenvalue weighted by molar-refractivity contribution is 0.394. The summed E-state index contributed by atoms with van der Waals surface area (Å²) in [6.07, 6.45) is 5.08. The lowest BCUT2D eigenvalue weighted by Gasteiger charge is -2.20. The summed E-state index contributed by atoms with van der Waals surface area (Å²) in [6, 6.07) is 6.50. The molecule has 6 nitrogen and oxygen atoms in total. The first-order chi connectivity index (χ1) is 11.2. The third kappa shape index (κ3) is 3.76. The van der Waals surface area contributed by atoms with E-state index in [0.717, 1.165) is 43.2 Å². The zero-order chi connectivity index (χ0) is 16.2. The van der Waals surface area contributed by atoms with Crippen LogP contribution in [0.5, 0.6) is 11.5 Å². The van der Waals surface area contributed by atoms with Crippen LogP contribution in [0.3, 0.4) is 0 Å². The molecule has 1 unspecified atom stereocenters. The highest BCUT2D eigenvalue weighted by molar-refractivity contribution is 5.56. The van der Waals surface area contributed by atoms with Gasteiger partial charge in [-0.15, -0.1) is 0 Å². The maximum absolute atomic E-state index is 5.36. The molecule has 0 spiro atoms. The van der Waals surface area contributed by atoms with E-state index in [1.54, 1.807) is 14.2 Å². The number of hydrogen-bond acceptors (Lipinski definition) is 5. The zero-order valence-electron chi connectivity index (χ0n) is 14.0. The lowest BCUT2D eigenvalue weighted by Crippen LogP contribution is -2.32. The number of aryl methyl sites for hydroxylation is 1. The number of rotatable bonds is 6. The van der Waals surface area contributed by atoms with E-state index in [9.17, 15) is 0 Å². The summed E-state index contributed by atoms with van der Waals surface area (Å²) in [7, 11) is 5.30. The Bertz CT molecular complexity index is 634. The van der Waals surface area contributed by atoms with Crippen molar-refractivity contribution < 1.29 is 9.47 Å². The minimum Gasteiger partial charge on any atom is -0.497 e. The van der Waals surface area contributed by atoms with Crippen LogP contribution in [0.4, 0.5) is 5.69 Å². The smallest absolute Gasteiger partial charge is 0.124 e. The van der Waals surface area contributed by atoms with Crippen molar-refractivity contribution in [2.45, 2.75) is 19.0 Å². The number of methoxy groups -OCH3 is 2. The van der Waals surface area contributed by atoms with Crippen LogP contribution in [-0.2, 0) is 13.6 Å². The molecular weight excluding hydrogens is 292 g/mol. The topological polar surface area (TPSA) is 51.6 Å². The second-order valence-electron chi connectivity index (χ2n) is 5.91. The van der Waals surface area contributed by atoms with E-state index in [4.69, 9.17) is 9.47 Å². The Morgan fingerprint density at radius 3 is 2.57 bits per heavy atom. The molecular formula is C17H24N4O2. The van der Waals surface area contributed by atoms with Crippen LogP contribution in [0.25, 0.3) is 0 Å². The van der Waals surface area contributed by atoms with Gasteiger partial charge in [0.25, 0.3) is 0 Å². The normalized spacial score (nSPS) is 17.5. The maximum Gasteiger partial charge on any atom is 0.124 e. The van der Waals surface area contributed by atoms with Crippen molar-refractivity contribution in [1.29, 1.82) is 0 Å². The first-order valence-electron chi connectivity index (χ1n) is 7.87. The van der Waals surface area contributed by atoms with Gasteiger partial charge in [-0.1, -0.05) is 0 Å². The van der Waals surface area contributed by atoms with Gasteiger partial charge in [0.1, 0.15) is 11.5 Å². The second kappa shape index (κ2) is 6.91. The highest BCUT2D eigenvalue weighted by atomic mass is 16.5. The van der Waals surface area contributed by atoms with Crippen LogP contribution in [0.1, 0.15) is 12.0 Å². The average molecular weight is 316 g/mol. The second-order valence-corrected chi connectivity index (χ2v) is 5.91. The molecule has 1 fully saturated rings. The van der Waals surface area contributed by atoms with Crippen LogP contribution in [-0.4, -0.2) is 43.1 Å². The Morgan fingerprint density at radius 1 is 1.22 bits per heavy atom. The molecule has 1 saturated heterocycles. The number of hydrogen-bond donors (Lipinski definition) is 1. The fourth-order valence-corrected chi connectivity index (χ4v) is 2.96. The van der Waals surface area contributed by atoms with Crippen LogP contribution in [0.2, 0.25) is 0 Å². The van der Waals surface area contributed by atoms with Crippen LogP contribution >= 0.6 is 0 Å². The molecule has 6 heteroatoms. The van der Waals surface area contributed by atoms with Crippen LogP contribution < -0.4 is 19.7 Å². The molecule has 1 atom stereocenters. The number of nitrogens with zero attached hydrogens (tertiary/aromatic N) is 3. The Labute approximate surface area is 137 Å². The number of anilines is 1. The third-order valence-electron chi connectivity index (χ3n) is 4.24. The first kappa shape index (κ1) is 15.7. The minimum absolute atomic E-state index is 0.479. The number of ether oxygens (including phenoxy) is 2. The molecule has 23 heavy (non-hydrogen) atoms. The Kier molecular flexibility index (Phi) is 4.71. The molecule has 0 aliphatic carbocycles. The summed E-state index contributed by atoms with van der Waals surface area (Å²) in [5, 5.41) is 7.81. The molecule has 0 amide bonds. The van der Waals surface area contributed by atoms with E-state index >= 15 is 0 Å². The van der Waals surface area contributed by atoms with Crippen molar-refractivity contribution in [1.82, 2.24) is 15.1 Å². The van der Waals surface area contributed by atoms with Gasteiger partial charge in [0.15, 0.2) is 0 Å². The fourth-order valence-electron chi connectivity index (χ4n) is 2.96. The molecule has 2 heterocycles. The SMILES string of the molecule is COc1cc(OC)cc(N2CCC(NCc3cnn(C)c3)C2)c1. The van der Waals surface area contributed by atoms with E-state index in [0.29, 0.717) is 6.04 Å². The highest BCUT2D eigenvalue weighted by Gasteiger charge is 2.23. The summed E-state index contributed by atoms with van der Waals surface area (Å²) in [6.45, 7) is 2.87. The lowest BCUT2D eigenvalue weighted by atomic mass is 10.2. The van der Waals surface area contributed by atoms with Gasteiger partial charge in [0, 0.05) is 68.4 Å². The van der Waals surface area contributed by atoms with Crippen LogP contribution in [0.15, 0.2) is 30.6 Å². The quantitative estimate of drug-likeness (QED) is 0.881. The summed E-state index contributed by atoms with van der Waals surface area (Å²) in [4.78, 5) is 2.37. The molecule has 3 rings (SSSR count). The van der Waals surface area contributed by atoms with Crippen molar-refractivity contribution in [3.63, 3.8) is 0 Å². The van der Waals surface area contributed by atoms with Gasteiger partial charge in [0.05, 0.1) is 20.4 Å². The molecule has 1 aliphatic rings. The van der Waals surface area contributed by atoms with Gasteiger partial charge in [-0.05, 0) is 6.42 Å². The van der Waals surface area contributed by atoms with Gasteiger partial charge < -0.3 is 19.7 Å². The molecule has 1 N–H and O–H groups in total. The van der Waals surface area contributed by atoms with Gasteiger partial charge in [-0.2, -0.15) is 5.10 Å². The van der Waals surface area contributed by atoms with E-state index in [2.05, 4.69) is 27.4 Å². The fraction of sp³-hybridized carbons (Fsp3) is 0.471. The van der Waals surface area contributed by atoms with Crippen molar-refractivity contribution in [3.8, 4) is 11.5 Å². The van der Waals surface area contributed by atoms with Gasteiger partial charge in [0.2, 0.25) is 0 Å². The summed E-state index contributed by atoms with van der Waals surface area (Å²) in [5.41, 5.74) is 2.36. The summed E-state index contributed by atoms with van der Waals surface area (Å²) < 4.78 is 12.6. The molecule has 2 aromatic rings. The van der Waals surface area contributed by atoms with Gasteiger partial charge in [-0.3, -0.25) is 4.68 Å². The molecule has 1 aromatic carbocycles. The molecule has 0 radical (unpaired) electrons. The Morgan fingerprint density at radius 2 is 1.96 bits per heavy atom. The van der Waals surface area contributed by atoms with E-state index in [1.165, 1.54) is 5.56 Å². The van der Waals surface area contributed by atoms with E-state index in [-0.39, 0.29) is 0 Å². The largest absolute Gasteiger partial charge is 0.497 e.